The number of ether oxygens (including phenoxy) is 1. The average Bonchev–Trinajstić information content (AvgIpc) is 2.86. The van der Waals surface area contributed by atoms with Crippen molar-refractivity contribution >= 4 is 50.6 Å². The van der Waals surface area contributed by atoms with E-state index in [0.717, 1.165) is 5.69 Å². The Bertz CT molecular complexity index is 1290. The maximum absolute atomic E-state index is 12.9. The number of carbonyl (C=O) groups is 1. The summed E-state index contributed by atoms with van der Waals surface area (Å²) in [5.41, 5.74) is 0.871. The van der Waals surface area contributed by atoms with Gasteiger partial charge >= 0.3 is 0 Å². The topological polar surface area (TPSA) is 105 Å². The molecule has 1 aliphatic rings. The third-order valence-corrected chi connectivity index (χ3v) is 7.37. The molecule has 1 atom stereocenters. The van der Waals surface area contributed by atoms with E-state index in [1.807, 2.05) is 0 Å². The molecular weight excluding hydrogens is 513 g/mol. The van der Waals surface area contributed by atoms with Crippen LogP contribution in [0.15, 0.2) is 66.0 Å². The van der Waals surface area contributed by atoms with Crippen molar-refractivity contribution in [3.05, 3.63) is 71.1 Å². The molecule has 2 aromatic carbocycles. The van der Waals surface area contributed by atoms with Crippen LogP contribution >= 0.6 is 23.2 Å². The van der Waals surface area contributed by atoms with Crippen LogP contribution in [0.2, 0.25) is 10.0 Å². The van der Waals surface area contributed by atoms with Gasteiger partial charge in [0.05, 0.1) is 9.92 Å². The van der Waals surface area contributed by atoms with Gasteiger partial charge in [-0.25, -0.2) is 18.4 Å². The molecule has 0 bridgehead atoms. The Morgan fingerprint density at radius 1 is 1.06 bits per heavy atom. The summed E-state index contributed by atoms with van der Waals surface area (Å²) in [5.74, 6) is 0.467. The third kappa shape index (κ3) is 6.14. The second kappa shape index (κ2) is 10.7. The number of nitrogens with zero attached hydrogens (tertiary/aromatic N) is 4. The first-order valence-corrected chi connectivity index (χ1v) is 13.0. The van der Waals surface area contributed by atoms with Crippen LogP contribution in [0.5, 0.6) is 5.75 Å². The summed E-state index contributed by atoms with van der Waals surface area (Å²) >= 11 is 12.1. The summed E-state index contributed by atoms with van der Waals surface area (Å²) in [5, 5.41) is 0.838. The lowest BCUT2D eigenvalue weighted by molar-refractivity contribution is -0.138. The third-order valence-electron chi connectivity index (χ3n) is 5.47. The molecule has 3 aromatic rings. The van der Waals surface area contributed by atoms with E-state index in [2.05, 4.69) is 19.6 Å². The van der Waals surface area contributed by atoms with Crippen LogP contribution in [0.1, 0.15) is 6.92 Å². The number of aromatic nitrogens is 2. The van der Waals surface area contributed by atoms with Gasteiger partial charge in [-0.15, -0.1) is 0 Å². The van der Waals surface area contributed by atoms with E-state index in [-0.39, 0.29) is 16.6 Å². The van der Waals surface area contributed by atoms with E-state index in [0.29, 0.717) is 42.0 Å². The summed E-state index contributed by atoms with van der Waals surface area (Å²) < 4.78 is 33.3. The molecule has 9 nitrogen and oxygen atoms in total. The molecular formula is C23H23Cl2N5O4S. The van der Waals surface area contributed by atoms with E-state index in [1.54, 1.807) is 54.3 Å². The molecule has 4 rings (SSSR count). The number of anilines is 2. The second-order valence-corrected chi connectivity index (χ2v) is 10.4. The summed E-state index contributed by atoms with van der Waals surface area (Å²) in [6.45, 7) is 3.91. The Hall–Kier alpha value is -3.08. The predicted octanol–water partition coefficient (Wildman–Crippen LogP) is 3.70. The van der Waals surface area contributed by atoms with Crippen LogP contribution in [0.3, 0.4) is 0 Å². The molecule has 35 heavy (non-hydrogen) atoms. The highest BCUT2D eigenvalue weighted by atomic mass is 35.5. The van der Waals surface area contributed by atoms with Crippen LogP contribution in [-0.2, 0) is 14.8 Å². The first-order valence-electron chi connectivity index (χ1n) is 10.8. The van der Waals surface area contributed by atoms with Crippen molar-refractivity contribution in [2.24, 2.45) is 0 Å². The molecule has 12 heteroatoms. The normalized spacial score (nSPS) is 14.9. The molecule has 1 fully saturated rings. The Labute approximate surface area is 213 Å². The zero-order chi connectivity index (χ0) is 25.0. The fraction of sp³-hybridized carbons (Fsp3) is 0.261. The number of benzene rings is 2. The van der Waals surface area contributed by atoms with Gasteiger partial charge < -0.3 is 14.5 Å². The van der Waals surface area contributed by atoms with E-state index >= 15 is 0 Å². The van der Waals surface area contributed by atoms with Crippen LogP contribution in [-0.4, -0.2) is 61.5 Å². The largest absolute Gasteiger partial charge is 0.479 e. The molecule has 0 aliphatic carbocycles. The van der Waals surface area contributed by atoms with Gasteiger partial charge in [-0.3, -0.25) is 9.52 Å². The quantitative estimate of drug-likeness (QED) is 0.491. The Kier molecular flexibility index (Phi) is 7.63. The number of hydrogen-bond acceptors (Lipinski definition) is 7. The van der Waals surface area contributed by atoms with Crippen molar-refractivity contribution in [2.45, 2.75) is 17.9 Å². The zero-order valence-electron chi connectivity index (χ0n) is 18.8. The van der Waals surface area contributed by atoms with Gasteiger partial charge in [0.1, 0.15) is 17.9 Å². The number of rotatable bonds is 7. The van der Waals surface area contributed by atoms with Gasteiger partial charge in [-0.2, -0.15) is 0 Å². The number of piperazine rings is 1. The lowest BCUT2D eigenvalue weighted by Gasteiger charge is -2.37. The summed E-state index contributed by atoms with van der Waals surface area (Å²) in [7, 11) is -3.76. The van der Waals surface area contributed by atoms with Crippen molar-refractivity contribution < 1.29 is 17.9 Å². The molecule has 1 saturated heterocycles. The van der Waals surface area contributed by atoms with E-state index < -0.39 is 16.1 Å². The molecule has 0 spiro atoms. The monoisotopic (exact) mass is 535 g/mol. The second-order valence-electron chi connectivity index (χ2n) is 7.84. The summed E-state index contributed by atoms with van der Waals surface area (Å²) in [4.78, 5) is 24.5. The lowest BCUT2D eigenvalue weighted by Crippen LogP contribution is -2.52. The van der Waals surface area contributed by atoms with Crippen LogP contribution in [0.4, 0.5) is 11.5 Å². The van der Waals surface area contributed by atoms with Crippen LogP contribution < -0.4 is 14.4 Å². The molecule has 1 unspecified atom stereocenters. The van der Waals surface area contributed by atoms with Gasteiger partial charge in [-0.1, -0.05) is 23.2 Å². The van der Waals surface area contributed by atoms with Gasteiger partial charge in [-0.05, 0) is 55.5 Å². The van der Waals surface area contributed by atoms with Crippen molar-refractivity contribution in [1.82, 2.24) is 14.9 Å². The van der Waals surface area contributed by atoms with E-state index in [9.17, 15) is 13.2 Å². The van der Waals surface area contributed by atoms with Crippen molar-refractivity contribution in [2.75, 3.05) is 35.8 Å². The zero-order valence-corrected chi connectivity index (χ0v) is 21.1. The first-order chi connectivity index (χ1) is 16.7. The number of hydrogen-bond donors (Lipinski definition) is 1. The molecule has 2 heterocycles. The molecule has 1 N–H and O–H groups in total. The number of nitrogens with one attached hydrogen (secondary N) is 1. The number of halogens is 2. The average molecular weight is 536 g/mol. The molecule has 0 radical (unpaired) electrons. The highest BCUT2D eigenvalue weighted by Gasteiger charge is 2.27. The van der Waals surface area contributed by atoms with Gasteiger partial charge in [0.15, 0.2) is 6.10 Å². The molecule has 0 saturated carbocycles. The predicted molar refractivity (Wildman–Crippen MR) is 135 cm³/mol. The summed E-state index contributed by atoms with van der Waals surface area (Å²) in [6.07, 6.45) is 2.02. The van der Waals surface area contributed by atoms with Gasteiger partial charge in [0.2, 0.25) is 0 Å². The minimum atomic E-state index is -3.76. The number of sulfonamides is 1. The minimum Gasteiger partial charge on any atom is -0.479 e. The Morgan fingerprint density at radius 3 is 2.40 bits per heavy atom. The Morgan fingerprint density at radius 2 is 1.77 bits per heavy atom. The highest BCUT2D eigenvalue weighted by Crippen LogP contribution is 2.29. The molecule has 1 aromatic heterocycles. The van der Waals surface area contributed by atoms with Crippen LogP contribution in [0.25, 0.3) is 0 Å². The smallest absolute Gasteiger partial charge is 0.263 e. The first kappa shape index (κ1) is 25.0. The molecule has 184 valence electrons. The fourth-order valence-electron chi connectivity index (χ4n) is 3.64. The Balaban J connectivity index is 1.33. The van der Waals surface area contributed by atoms with E-state index in [4.69, 9.17) is 27.9 Å². The SMILES string of the molecule is CC(Oc1ccc(Cl)cc1Cl)C(=O)N1CCN(c2ccc(S(=O)(=O)Nc3ccncn3)cc2)CC1. The minimum absolute atomic E-state index is 0.125. The maximum Gasteiger partial charge on any atom is 0.263 e. The van der Waals surface area contributed by atoms with Gasteiger partial charge in [0, 0.05) is 43.1 Å². The highest BCUT2D eigenvalue weighted by molar-refractivity contribution is 7.92. The number of carbonyl (C=O) groups excluding carboxylic acids is 1. The molecule has 1 aliphatic heterocycles. The van der Waals surface area contributed by atoms with E-state index in [1.165, 1.54) is 18.6 Å². The standard InChI is InChI=1S/C23H23Cl2N5O4S/c1-16(34-21-7-2-17(24)14-20(21)25)23(31)30-12-10-29(11-13-30)18-3-5-19(6-4-18)35(32,33)28-22-8-9-26-15-27-22/h2-9,14-16H,10-13H2,1H3,(H,26,27,28). The van der Waals surface area contributed by atoms with Crippen molar-refractivity contribution in [1.29, 1.82) is 0 Å². The van der Waals surface area contributed by atoms with Crippen molar-refractivity contribution in [3.63, 3.8) is 0 Å². The van der Waals surface area contributed by atoms with Gasteiger partial charge in [0.25, 0.3) is 15.9 Å². The fourth-order valence-corrected chi connectivity index (χ4v) is 5.10. The maximum atomic E-state index is 12.9. The lowest BCUT2D eigenvalue weighted by atomic mass is 10.2. The number of amides is 1. The summed E-state index contributed by atoms with van der Waals surface area (Å²) in [6, 6.07) is 12.9. The van der Waals surface area contributed by atoms with Crippen LogP contribution in [0, 0.1) is 0 Å². The van der Waals surface area contributed by atoms with Crippen molar-refractivity contribution in [3.8, 4) is 5.75 Å². The molecule has 1 amide bonds.